The van der Waals surface area contributed by atoms with Gasteiger partial charge in [0.1, 0.15) is 6.04 Å². The van der Waals surface area contributed by atoms with Gasteiger partial charge in [0.15, 0.2) is 0 Å². The Labute approximate surface area is 111 Å². The molecule has 0 fully saturated rings. The first-order valence-corrected chi connectivity index (χ1v) is 6.06. The van der Waals surface area contributed by atoms with Crippen molar-refractivity contribution in [2.75, 3.05) is 6.61 Å². The zero-order valence-corrected chi connectivity index (χ0v) is 11.4. The van der Waals surface area contributed by atoms with Crippen LogP contribution in [0.5, 0.6) is 0 Å². The Hall–Kier alpha value is -1.55. The largest absolute Gasteiger partial charge is 0.464 e. The molecule has 0 saturated heterocycles. The number of rotatable bonds is 4. The van der Waals surface area contributed by atoms with E-state index in [2.05, 4.69) is 5.32 Å². The molecule has 1 amide bonds. The van der Waals surface area contributed by atoms with Crippen LogP contribution >= 0.6 is 11.6 Å². The van der Waals surface area contributed by atoms with Gasteiger partial charge in [0.05, 0.1) is 6.61 Å². The average molecular weight is 270 g/mol. The van der Waals surface area contributed by atoms with Crippen LogP contribution in [0.4, 0.5) is 0 Å². The zero-order valence-electron chi connectivity index (χ0n) is 10.6. The molecule has 0 aliphatic rings. The minimum atomic E-state index is -0.684. The predicted octanol–water partition coefficient (Wildman–Crippen LogP) is 2.33. The van der Waals surface area contributed by atoms with Crippen LogP contribution in [-0.4, -0.2) is 24.5 Å². The van der Waals surface area contributed by atoms with E-state index in [4.69, 9.17) is 16.3 Å². The number of carbonyl (C=O) groups is 2. The molecule has 0 heterocycles. The number of esters is 1. The van der Waals surface area contributed by atoms with Gasteiger partial charge in [0.2, 0.25) is 0 Å². The van der Waals surface area contributed by atoms with Crippen molar-refractivity contribution >= 4 is 23.5 Å². The number of amides is 1. The molecule has 0 radical (unpaired) electrons. The van der Waals surface area contributed by atoms with Crippen molar-refractivity contribution in [3.63, 3.8) is 0 Å². The number of aryl methyl sites for hydroxylation is 1. The lowest BCUT2D eigenvalue weighted by molar-refractivity contribution is -0.144. The Morgan fingerprint density at radius 3 is 2.61 bits per heavy atom. The second kappa shape index (κ2) is 6.40. The van der Waals surface area contributed by atoms with Crippen LogP contribution in [0.3, 0.4) is 0 Å². The molecule has 1 unspecified atom stereocenters. The molecule has 1 N–H and O–H groups in total. The lowest BCUT2D eigenvalue weighted by Gasteiger charge is -2.13. The fourth-order valence-electron chi connectivity index (χ4n) is 1.47. The van der Waals surface area contributed by atoms with Gasteiger partial charge in [0, 0.05) is 10.6 Å². The van der Waals surface area contributed by atoms with E-state index >= 15 is 0 Å². The van der Waals surface area contributed by atoms with Crippen molar-refractivity contribution in [1.29, 1.82) is 0 Å². The van der Waals surface area contributed by atoms with Crippen LogP contribution in [0.25, 0.3) is 0 Å². The Bertz CT molecular complexity index is 439. The third-order valence-electron chi connectivity index (χ3n) is 2.29. The lowest BCUT2D eigenvalue weighted by Crippen LogP contribution is -2.39. The summed E-state index contributed by atoms with van der Waals surface area (Å²) in [6, 6.07) is 4.34. The molecule has 1 aromatic carbocycles. The Morgan fingerprint density at radius 1 is 1.39 bits per heavy atom. The van der Waals surface area contributed by atoms with Crippen molar-refractivity contribution < 1.29 is 14.3 Å². The Morgan fingerprint density at radius 2 is 2.06 bits per heavy atom. The molecule has 0 bridgehead atoms. The zero-order chi connectivity index (χ0) is 13.7. The van der Waals surface area contributed by atoms with Crippen LogP contribution in [0.15, 0.2) is 18.2 Å². The van der Waals surface area contributed by atoms with E-state index in [9.17, 15) is 9.59 Å². The first-order valence-electron chi connectivity index (χ1n) is 5.68. The third kappa shape index (κ3) is 4.04. The SMILES string of the molecule is CCOC(=O)C(C)NC(=O)c1cc(C)cc(Cl)c1. The van der Waals surface area contributed by atoms with Crippen LogP contribution in [0.2, 0.25) is 5.02 Å². The summed E-state index contributed by atoms with van der Waals surface area (Å²) in [4.78, 5) is 23.3. The number of nitrogens with one attached hydrogen (secondary N) is 1. The maximum atomic E-state index is 11.9. The van der Waals surface area contributed by atoms with E-state index < -0.39 is 12.0 Å². The van der Waals surface area contributed by atoms with E-state index in [0.717, 1.165) is 5.56 Å². The molecule has 0 aromatic heterocycles. The van der Waals surface area contributed by atoms with E-state index in [1.807, 2.05) is 6.92 Å². The van der Waals surface area contributed by atoms with E-state index in [-0.39, 0.29) is 12.5 Å². The summed E-state index contributed by atoms with van der Waals surface area (Å²) in [6.45, 7) is 5.42. The van der Waals surface area contributed by atoms with Gasteiger partial charge in [-0.3, -0.25) is 4.79 Å². The number of halogens is 1. The van der Waals surface area contributed by atoms with Crippen LogP contribution < -0.4 is 5.32 Å². The highest BCUT2D eigenvalue weighted by Crippen LogP contribution is 2.14. The molecule has 0 aliphatic heterocycles. The van der Waals surface area contributed by atoms with Gasteiger partial charge < -0.3 is 10.1 Å². The quantitative estimate of drug-likeness (QED) is 0.854. The molecular weight excluding hydrogens is 254 g/mol. The first kappa shape index (κ1) is 14.5. The number of hydrogen-bond acceptors (Lipinski definition) is 3. The highest BCUT2D eigenvalue weighted by atomic mass is 35.5. The highest BCUT2D eigenvalue weighted by Gasteiger charge is 2.17. The molecule has 0 spiro atoms. The maximum absolute atomic E-state index is 11.9. The number of ether oxygens (including phenoxy) is 1. The van der Waals surface area contributed by atoms with Crippen molar-refractivity contribution in [2.24, 2.45) is 0 Å². The van der Waals surface area contributed by atoms with Gasteiger partial charge in [-0.15, -0.1) is 0 Å². The third-order valence-corrected chi connectivity index (χ3v) is 2.51. The van der Waals surface area contributed by atoms with Gasteiger partial charge in [0.25, 0.3) is 5.91 Å². The van der Waals surface area contributed by atoms with Crippen LogP contribution in [0, 0.1) is 6.92 Å². The van der Waals surface area contributed by atoms with Crippen molar-refractivity contribution in [2.45, 2.75) is 26.8 Å². The maximum Gasteiger partial charge on any atom is 0.328 e. The summed E-state index contributed by atoms with van der Waals surface area (Å²) in [6.07, 6.45) is 0. The molecular formula is C13H16ClNO3. The topological polar surface area (TPSA) is 55.4 Å². The lowest BCUT2D eigenvalue weighted by atomic mass is 10.1. The fourth-order valence-corrected chi connectivity index (χ4v) is 1.76. The summed E-state index contributed by atoms with van der Waals surface area (Å²) in [5, 5.41) is 3.05. The molecule has 0 saturated carbocycles. The molecule has 1 aromatic rings. The second-order valence-corrected chi connectivity index (χ2v) is 4.40. The van der Waals surface area contributed by atoms with Gasteiger partial charge in [-0.05, 0) is 44.5 Å². The van der Waals surface area contributed by atoms with Crippen LogP contribution in [0.1, 0.15) is 29.8 Å². The van der Waals surface area contributed by atoms with Gasteiger partial charge in [-0.25, -0.2) is 4.79 Å². The standard InChI is InChI=1S/C13H16ClNO3/c1-4-18-13(17)9(3)15-12(16)10-5-8(2)6-11(14)7-10/h5-7,9H,4H2,1-3H3,(H,15,16). The van der Waals surface area contributed by atoms with Crippen molar-refractivity contribution in [1.82, 2.24) is 5.32 Å². The average Bonchev–Trinajstić information content (AvgIpc) is 2.27. The number of carbonyl (C=O) groups excluding carboxylic acids is 2. The minimum Gasteiger partial charge on any atom is -0.464 e. The van der Waals surface area contributed by atoms with Gasteiger partial charge in [-0.2, -0.15) is 0 Å². The van der Waals surface area contributed by atoms with Crippen LogP contribution in [-0.2, 0) is 9.53 Å². The van der Waals surface area contributed by atoms with Gasteiger partial charge >= 0.3 is 5.97 Å². The van der Waals surface area contributed by atoms with E-state index in [1.165, 1.54) is 0 Å². The van der Waals surface area contributed by atoms with E-state index in [0.29, 0.717) is 10.6 Å². The van der Waals surface area contributed by atoms with E-state index in [1.54, 1.807) is 32.0 Å². The molecule has 4 nitrogen and oxygen atoms in total. The predicted molar refractivity (Wildman–Crippen MR) is 69.8 cm³/mol. The minimum absolute atomic E-state index is 0.287. The van der Waals surface area contributed by atoms with Crippen molar-refractivity contribution in [3.05, 3.63) is 34.3 Å². The smallest absolute Gasteiger partial charge is 0.328 e. The number of benzene rings is 1. The first-order chi connectivity index (χ1) is 8.43. The molecule has 18 heavy (non-hydrogen) atoms. The van der Waals surface area contributed by atoms with Crippen molar-refractivity contribution in [3.8, 4) is 0 Å². The number of hydrogen-bond donors (Lipinski definition) is 1. The Balaban J connectivity index is 2.73. The van der Waals surface area contributed by atoms with Gasteiger partial charge in [-0.1, -0.05) is 11.6 Å². The monoisotopic (exact) mass is 269 g/mol. The molecule has 98 valence electrons. The molecule has 1 atom stereocenters. The summed E-state index contributed by atoms with van der Waals surface area (Å²) in [7, 11) is 0. The molecule has 1 rings (SSSR count). The molecule has 0 aliphatic carbocycles. The fraction of sp³-hybridized carbons (Fsp3) is 0.385. The second-order valence-electron chi connectivity index (χ2n) is 3.96. The summed E-state index contributed by atoms with van der Waals surface area (Å²) in [5.74, 6) is -0.800. The summed E-state index contributed by atoms with van der Waals surface area (Å²) in [5.41, 5.74) is 1.31. The molecule has 5 heteroatoms. The normalized spacial score (nSPS) is 11.8. The highest BCUT2D eigenvalue weighted by molar-refractivity contribution is 6.31. The Kier molecular flexibility index (Phi) is 5.16. The summed E-state index contributed by atoms with van der Waals surface area (Å²) < 4.78 is 4.81. The summed E-state index contributed by atoms with van der Waals surface area (Å²) >= 11 is 5.87.